The monoisotopic (exact) mass is 285 g/mol. The van der Waals surface area contributed by atoms with E-state index < -0.39 is 17.7 Å². The van der Waals surface area contributed by atoms with Crippen LogP contribution in [0.5, 0.6) is 0 Å². The molecule has 0 radical (unpaired) electrons. The highest BCUT2D eigenvalue weighted by Gasteiger charge is 2.36. The van der Waals surface area contributed by atoms with Gasteiger partial charge < -0.3 is 10.6 Å². The third-order valence-corrected chi connectivity index (χ3v) is 3.19. The van der Waals surface area contributed by atoms with Crippen molar-refractivity contribution >= 4 is 28.0 Å². The van der Waals surface area contributed by atoms with Crippen LogP contribution in [0.1, 0.15) is 13.3 Å². The average Bonchev–Trinajstić information content (AvgIpc) is 2.15. The standard InChI is InChI=1S/C10H12BrN3O2/c1-10(6-3-2-4-7(11)5-6)13-8(15)12-9(16)14-10/h2-3,5,7H,4H2,1H3,(H3,12,13,14,15,16). The van der Waals surface area contributed by atoms with Gasteiger partial charge in [0.15, 0.2) is 0 Å². The summed E-state index contributed by atoms with van der Waals surface area (Å²) in [4.78, 5) is 22.8. The van der Waals surface area contributed by atoms with Gasteiger partial charge in [0.2, 0.25) is 0 Å². The lowest BCUT2D eigenvalue weighted by Crippen LogP contribution is -2.69. The summed E-state index contributed by atoms with van der Waals surface area (Å²) in [5.74, 6) is 0. The molecule has 0 aromatic carbocycles. The zero-order chi connectivity index (χ0) is 11.8. The van der Waals surface area contributed by atoms with Crippen molar-refractivity contribution in [2.45, 2.75) is 23.8 Å². The topological polar surface area (TPSA) is 70.2 Å². The van der Waals surface area contributed by atoms with E-state index in [4.69, 9.17) is 0 Å². The fraction of sp³-hybridized carbons (Fsp3) is 0.400. The van der Waals surface area contributed by atoms with Crippen LogP contribution in [0, 0.1) is 0 Å². The normalized spacial score (nSPS) is 27.6. The molecule has 6 heteroatoms. The number of carbonyl (C=O) groups excluding carboxylic acids is 2. The smallest absolute Gasteiger partial charge is 0.311 e. The molecule has 5 nitrogen and oxygen atoms in total. The number of allylic oxidation sites excluding steroid dienone is 2. The molecule has 0 spiro atoms. The molecule has 1 atom stereocenters. The molecule has 1 fully saturated rings. The second kappa shape index (κ2) is 3.93. The largest absolute Gasteiger partial charge is 0.324 e. The summed E-state index contributed by atoms with van der Waals surface area (Å²) in [7, 11) is 0. The Morgan fingerprint density at radius 2 is 2.00 bits per heavy atom. The molecule has 0 aromatic heterocycles. The van der Waals surface area contributed by atoms with Crippen LogP contribution in [0.3, 0.4) is 0 Å². The lowest BCUT2D eigenvalue weighted by Gasteiger charge is -2.37. The first-order chi connectivity index (χ1) is 7.49. The van der Waals surface area contributed by atoms with Crippen LogP contribution in [0.25, 0.3) is 0 Å². The van der Waals surface area contributed by atoms with E-state index in [0.717, 1.165) is 12.0 Å². The Morgan fingerprint density at radius 3 is 2.56 bits per heavy atom. The van der Waals surface area contributed by atoms with Gasteiger partial charge in [-0.15, -0.1) is 0 Å². The summed E-state index contributed by atoms with van der Waals surface area (Å²) in [6.07, 6.45) is 6.79. The van der Waals surface area contributed by atoms with Crippen molar-refractivity contribution in [2.24, 2.45) is 0 Å². The Hall–Kier alpha value is -1.30. The fourth-order valence-electron chi connectivity index (χ4n) is 1.77. The maximum atomic E-state index is 11.3. The van der Waals surface area contributed by atoms with E-state index in [1.54, 1.807) is 6.92 Å². The molecule has 2 aliphatic rings. The van der Waals surface area contributed by atoms with E-state index >= 15 is 0 Å². The highest BCUT2D eigenvalue weighted by molar-refractivity contribution is 9.09. The van der Waals surface area contributed by atoms with Crippen LogP contribution < -0.4 is 16.0 Å². The average molecular weight is 286 g/mol. The molecule has 1 aliphatic heterocycles. The minimum atomic E-state index is -0.845. The second-order valence-electron chi connectivity index (χ2n) is 3.93. The maximum absolute atomic E-state index is 11.3. The van der Waals surface area contributed by atoms with Crippen LogP contribution in [-0.4, -0.2) is 22.6 Å². The van der Waals surface area contributed by atoms with Crippen molar-refractivity contribution in [1.29, 1.82) is 0 Å². The number of carbonyl (C=O) groups is 2. The summed E-state index contributed by atoms with van der Waals surface area (Å²) in [5.41, 5.74) is 0.0198. The first kappa shape index (κ1) is 11.2. The number of amides is 4. The van der Waals surface area contributed by atoms with Crippen molar-refractivity contribution < 1.29 is 9.59 Å². The number of halogens is 1. The molecule has 1 heterocycles. The van der Waals surface area contributed by atoms with Crippen LogP contribution >= 0.6 is 15.9 Å². The first-order valence-electron chi connectivity index (χ1n) is 4.94. The Balaban J connectivity index is 2.27. The van der Waals surface area contributed by atoms with Gasteiger partial charge in [-0.2, -0.15) is 0 Å². The number of urea groups is 2. The Labute approximate surface area is 101 Å². The summed E-state index contributed by atoms with van der Waals surface area (Å²) >= 11 is 3.48. The van der Waals surface area contributed by atoms with Crippen LogP contribution in [0.15, 0.2) is 23.8 Å². The van der Waals surface area contributed by atoms with Gasteiger partial charge in [0.25, 0.3) is 0 Å². The van der Waals surface area contributed by atoms with Crippen molar-refractivity contribution in [3.8, 4) is 0 Å². The van der Waals surface area contributed by atoms with Gasteiger partial charge in [-0.3, -0.25) is 5.32 Å². The number of rotatable bonds is 1. The van der Waals surface area contributed by atoms with E-state index in [2.05, 4.69) is 31.9 Å². The summed E-state index contributed by atoms with van der Waals surface area (Å²) in [6.45, 7) is 1.75. The molecule has 0 saturated carbocycles. The van der Waals surface area contributed by atoms with Gasteiger partial charge in [-0.1, -0.05) is 34.2 Å². The Morgan fingerprint density at radius 1 is 1.38 bits per heavy atom. The maximum Gasteiger partial charge on any atom is 0.324 e. The summed E-state index contributed by atoms with van der Waals surface area (Å²) in [5, 5.41) is 7.50. The minimum Gasteiger partial charge on any atom is -0.311 e. The Bertz CT molecular complexity index is 387. The van der Waals surface area contributed by atoms with Crippen LogP contribution in [-0.2, 0) is 0 Å². The third kappa shape index (κ3) is 2.11. The van der Waals surface area contributed by atoms with Crippen LogP contribution in [0.2, 0.25) is 0 Å². The molecule has 1 aliphatic carbocycles. The molecule has 16 heavy (non-hydrogen) atoms. The van der Waals surface area contributed by atoms with Crippen molar-refractivity contribution in [1.82, 2.24) is 16.0 Å². The lowest BCUT2D eigenvalue weighted by atomic mass is 9.95. The molecule has 1 saturated heterocycles. The van der Waals surface area contributed by atoms with E-state index in [0.29, 0.717) is 0 Å². The Kier molecular flexibility index (Phi) is 2.75. The number of hydrogen-bond donors (Lipinski definition) is 3. The number of imide groups is 1. The highest BCUT2D eigenvalue weighted by atomic mass is 79.9. The predicted octanol–water partition coefficient (Wildman–Crippen LogP) is 1.37. The molecule has 0 bridgehead atoms. The van der Waals surface area contributed by atoms with E-state index in [-0.39, 0.29) is 4.83 Å². The summed E-state index contributed by atoms with van der Waals surface area (Å²) < 4.78 is 0. The van der Waals surface area contributed by atoms with Crippen molar-refractivity contribution in [2.75, 3.05) is 0 Å². The van der Waals surface area contributed by atoms with Crippen LogP contribution in [0.4, 0.5) is 9.59 Å². The zero-order valence-corrected chi connectivity index (χ0v) is 10.3. The van der Waals surface area contributed by atoms with Gasteiger partial charge in [-0.05, 0) is 18.9 Å². The second-order valence-corrected chi connectivity index (χ2v) is 5.11. The first-order valence-corrected chi connectivity index (χ1v) is 5.85. The molecule has 1 unspecified atom stereocenters. The summed E-state index contributed by atoms with van der Waals surface area (Å²) in [6, 6.07) is -0.977. The number of alkyl halides is 1. The minimum absolute atomic E-state index is 0.230. The SMILES string of the molecule is CC1(C2=CC(Br)CC=C2)NC(=O)NC(=O)N1. The molecular formula is C10H12BrN3O2. The van der Waals surface area contributed by atoms with Gasteiger partial charge >= 0.3 is 12.1 Å². The predicted molar refractivity (Wildman–Crippen MR) is 63.2 cm³/mol. The zero-order valence-electron chi connectivity index (χ0n) is 8.71. The molecule has 3 N–H and O–H groups in total. The van der Waals surface area contributed by atoms with E-state index in [9.17, 15) is 9.59 Å². The van der Waals surface area contributed by atoms with Gasteiger partial charge in [0.05, 0.1) is 0 Å². The quantitative estimate of drug-likeness (QED) is 0.637. The van der Waals surface area contributed by atoms with E-state index in [1.165, 1.54) is 0 Å². The molecule has 4 amide bonds. The molecule has 86 valence electrons. The van der Waals surface area contributed by atoms with Gasteiger partial charge in [-0.25, -0.2) is 9.59 Å². The van der Waals surface area contributed by atoms with Gasteiger partial charge in [0.1, 0.15) is 5.66 Å². The number of nitrogens with one attached hydrogen (secondary N) is 3. The molecule has 2 rings (SSSR count). The van der Waals surface area contributed by atoms with E-state index in [1.807, 2.05) is 18.2 Å². The van der Waals surface area contributed by atoms with Gasteiger partial charge in [0, 0.05) is 4.83 Å². The number of hydrogen-bond acceptors (Lipinski definition) is 2. The fourth-order valence-corrected chi connectivity index (χ4v) is 2.27. The lowest BCUT2D eigenvalue weighted by molar-refractivity contribution is 0.198. The third-order valence-electron chi connectivity index (χ3n) is 2.55. The van der Waals surface area contributed by atoms with Crippen molar-refractivity contribution in [3.05, 3.63) is 23.8 Å². The molecule has 0 aromatic rings. The highest BCUT2D eigenvalue weighted by Crippen LogP contribution is 2.24. The molecular weight excluding hydrogens is 274 g/mol. The van der Waals surface area contributed by atoms with Crippen molar-refractivity contribution in [3.63, 3.8) is 0 Å².